The van der Waals surface area contributed by atoms with E-state index in [9.17, 15) is 0 Å². The molecule has 0 aromatic rings. The molecule has 11 heavy (non-hydrogen) atoms. The first-order valence-corrected chi connectivity index (χ1v) is 9.06. The Morgan fingerprint density at radius 2 is 1.45 bits per heavy atom. The Bertz CT molecular complexity index is 135. The van der Waals surface area contributed by atoms with E-state index in [4.69, 9.17) is 33.2 Å². The normalized spacial score (nSPS) is 25.1. The van der Waals surface area contributed by atoms with Crippen molar-refractivity contribution in [2.75, 3.05) is 0 Å². The Kier molecular flexibility index (Phi) is 3.19. The van der Waals surface area contributed by atoms with Crippen molar-refractivity contribution in [3.63, 3.8) is 0 Å². The zero-order valence-electron chi connectivity index (χ0n) is 6.67. The van der Waals surface area contributed by atoms with Crippen molar-refractivity contribution in [3.8, 4) is 0 Å². The van der Waals surface area contributed by atoms with Crippen LogP contribution in [0.2, 0.25) is 5.04 Å². The van der Waals surface area contributed by atoms with E-state index in [2.05, 4.69) is 6.92 Å². The van der Waals surface area contributed by atoms with E-state index in [0.29, 0.717) is 0 Å². The van der Waals surface area contributed by atoms with Gasteiger partial charge in [0.2, 0.25) is 0 Å². The van der Waals surface area contributed by atoms with Crippen molar-refractivity contribution in [1.82, 2.24) is 0 Å². The predicted octanol–water partition coefficient (Wildman–Crippen LogP) is 4.37. The molecule has 0 N–H and O–H groups in total. The average Bonchev–Trinajstić information content (AvgIpc) is 1.87. The summed E-state index contributed by atoms with van der Waals surface area (Å²) < 4.78 is 0. The van der Waals surface area contributed by atoms with Crippen LogP contribution in [-0.2, 0) is 0 Å². The van der Waals surface area contributed by atoms with Crippen LogP contribution in [0.3, 0.4) is 0 Å². The van der Waals surface area contributed by atoms with Crippen molar-refractivity contribution in [1.29, 1.82) is 0 Å². The molecule has 66 valence electrons. The maximum atomic E-state index is 6.02. The first-order chi connectivity index (χ1) is 4.96. The topological polar surface area (TPSA) is 0 Å². The maximum Gasteiger partial charge on any atom is 0.346 e. The third kappa shape index (κ3) is 2.27. The van der Waals surface area contributed by atoms with Gasteiger partial charge in [-0.05, 0) is 12.8 Å². The largest absolute Gasteiger partial charge is 0.346 e. The number of hydrogen-bond acceptors (Lipinski definition) is 0. The quantitative estimate of drug-likeness (QED) is 0.464. The monoisotopic (exact) mass is 230 g/mol. The minimum absolute atomic E-state index is 0.0515. The molecule has 1 rings (SSSR count). The highest BCUT2D eigenvalue weighted by molar-refractivity contribution is 7.65. The van der Waals surface area contributed by atoms with Gasteiger partial charge < -0.3 is 0 Å². The maximum absolute atomic E-state index is 6.02. The molecule has 1 aliphatic rings. The molecule has 4 heteroatoms. The van der Waals surface area contributed by atoms with Gasteiger partial charge in [0.15, 0.2) is 0 Å². The molecular formula is C7H13Cl3Si. The van der Waals surface area contributed by atoms with Crippen LogP contribution in [0.25, 0.3) is 0 Å². The summed E-state index contributed by atoms with van der Waals surface area (Å²) in [7, 11) is 0. The van der Waals surface area contributed by atoms with Crippen LogP contribution in [0.4, 0.5) is 0 Å². The summed E-state index contributed by atoms with van der Waals surface area (Å²) >= 11 is 18.1. The summed E-state index contributed by atoms with van der Waals surface area (Å²) in [6.45, 7) is 2.13. The van der Waals surface area contributed by atoms with E-state index in [1.807, 2.05) is 0 Å². The Hall–Kier alpha value is 1.09. The number of halogens is 3. The molecule has 0 aromatic heterocycles. The fourth-order valence-corrected chi connectivity index (χ4v) is 4.24. The molecule has 0 amide bonds. The molecule has 1 fully saturated rings. The van der Waals surface area contributed by atoms with E-state index < -0.39 is 6.00 Å². The third-order valence-electron chi connectivity index (χ3n) is 2.64. The lowest BCUT2D eigenvalue weighted by atomic mass is 9.90. The van der Waals surface area contributed by atoms with Crippen molar-refractivity contribution < 1.29 is 0 Å². The van der Waals surface area contributed by atoms with Crippen LogP contribution < -0.4 is 0 Å². The molecule has 0 atom stereocenters. The van der Waals surface area contributed by atoms with Crippen LogP contribution in [0.5, 0.6) is 0 Å². The molecular weight excluding hydrogens is 219 g/mol. The molecule has 0 unspecified atom stereocenters. The summed E-state index contributed by atoms with van der Waals surface area (Å²) in [6, 6.07) is -2.46. The SMILES string of the molecule is CC1([Si](Cl)(Cl)Cl)CCCCC1. The van der Waals surface area contributed by atoms with Crippen LogP contribution in [-0.4, -0.2) is 6.00 Å². The van der Waals surface area contributed by atoms with E-state index in [1.54, 1.807) is 0 Å². The molecule has 0 saturated heterocycles. The van der Waals surface area contributed by atoms with E-state index in [1.165, 1.54) is 19.3 Å². The Balaban J connectivity index is 2.64. The number of hydrogen-bond donors (Lipinski definition) is 0. The van der Waals surface area contributed by atoms with Gasteiger partial charge in [-0.15, -0.1) is 33.2 Å². The van der Waals surface area contributed by atoms with Gasteiger partial charge in [0.1, 0.15) is 0 Å². The van der Waals surface area contributed by atoms with Crippen LogP contribution in [0.15, 0.2) is 0 Å². The molecule has 0 radical (unpaired) electrons. The van der Waals surface area contributed by atoms with Gasteiger partial charge in [0, 0.05) is 5.04 Å². The Morgan fingerprint density at radius 3 is 1.73 bits per heavy atom. The minimum Gasteiger partial charge on any atom is -0.125 e. The molecule has 0 spiro atoms. The van der Waals surface area contributed by atoms with Crippen LogP contribution in [0.1, 0.15) is 39.0 Å². The highest BCUT2D eigenvalue weighted by Gasteiger charge is 2.47. The van der Waals surface area contributed by atoms with Gasteiger partial charge in [0.25, 0.3) is 0 Å². The van der Waals surface area contributed by atoms with E-state index >= 15 is 0 Å². The lowest BCUT2D eigenvalue weighted by Gasteiger charge is -2.37. The smallest absolute Gasteiger partial charge is 0.125 e. The zero-order chi connectivity index (χ0) is 8.54. The molecule has 0 bridgehead atoms. The third-order valence-corrected chi connectivity index (χ3v) is 8.62. The average molecular weight is 232 g/mol. The Morgan fingerprint density at radius 1 is 1.00 bits per heavy atom. The summed E-state index contributed by atoms with van der Waals surface area (Å²) in [5.41, 5.74) is 0. The van der Waals surface area contributed by atoms with Crippen LogP contribution in [0, 0.1) is 0 Å². The number of rotatable bonds is 1. The summed E-state index contributed by atoms with van der Waals surface area (Å²) in [6.07, 6.45) is 5.99. The van der Waals surface area contributed by atoms with E-state index in [-0.39, 0.29) is 5.04 Å². The second-order valence-corrected chi connectivity index (χ2v) is 12.7. The van der Waals surface area contributed by atoms with Crippen molar-refractivity contribution in [3.05, 3.63) is 0 Å². The fourth-order valence-electron chi connectivity index (χ4n) is 1.62. The molecule has 0 aromatic carbocycles. The van der Waals surface area contributed by atoms with Crippen molar-refractivity contribution in [2.45, 2.75) is 44.1 Å². The summed E-state index contributed by atoms with van der Waals surface area (Å²) in [5.74, 6) is 0. The lowest BCUT2D eigenvalue weighted by molar-refractivity contribution is 0.399. The molecule has 1 saturated carbocycles. The predicted molar refractivity (Wildman–Crippen MR) is 54.8 cm³/mol. The summed E-state index contributed by atoms with van der Waals surface area (Å²) in [5, 5.41) is 0.0515. The zero-order valence-corrected chi connectivity index (χ0v) is 9.94. The first-order valence-electron chi connectivity index (χ1n) is 4.02. The van der Waals surface area contributed by atoms with Crippen molar-refractivity contribution in [2.24, 2.45) is 0 Å². The van der Waals surface area contributed by atoms with Gasteiger partial charge in [-0.1, -0.05) is 26.2 Å². The highest BCUT2D eigenvalue weighted by Crippen LogP contribution is 2.55. The van der Waals surface area contributed by atoms with Crippen molar-refractivity contribution >= 4 is 39.2 Å². The minimum atomic E-state index is -2.46. The van der Waals surface area contributed by atoms with Gasteiger partial charge in [-0.3, -0.25) is 0 Å². The highest BCUT2D eigenvalue weighted by atomic mass is 35.8. The second kappa shape index (κ2) is 3.45. The standard InChI is InChI=1S/C7H13Cl3Si/c1-7(11(8,9)10)5-3-2-4-6-7/h2-6H2,1H3. The molecule has 0 nitrogen and oxygen atoms in total. The Labute approximate surface area is 83.3 Å². The van der Waals surface area contributed by atoms with E-state index in [0.717, 1.165) is 12.8 Å². The molecule has 0 heterocycles. The van der Waals surface area contributed by atoms with Gasteiger partial charge in [-0.2, -0.15) is 0 Å². The lowest BCUT2D eigenvalue weighted by Crippen LogP contribution is -2.32. The fraction of sp³-hybridized carbons (Fsp3) is 1.00. The van der Waals surface area contributed by atoms with Gasteiger partial charge in [0.05, 0.1) is 0 Å². The van der Waals surface area contributed by atoms with Gasteiger partial charge >= 0.3 is 6.00 Å². The van der Waals surface area contributed by atoms with Gasteiger partial charge in [-0.25, -0.2) is 0 Å². The summed E-state index contributed by atoms with van der Waals surface area (Å²) in [4.78, 5) is 0. The second-order valence-electron chi connectivity index (χ2n) is 3.62. The molecule has 0 aliphatic heterocycles. The first kappa shape index (κ1) is 10.2. The van der Waals surface area contributed by atoms with Crippen LogP contribution >= 0.6 is 33.2 Å². The molecule has 1 aliphatic carbocycles.